The Labute approximate surface area is 150 Å². The summed E-state index contributed by atoms with van der Waals surface area (Å²) in [5.74, 6) is -0.914. The fourth-order valence-electron chi connectivity index (χ4n) is 2.24. The molecule has 0 aliphatic carbocycles. The maximum atomic E-state index is 12.7. The van der Waals surface area contributed by atoms with Crippen LogP contribution in [0.1, 0.15) is 23.1 Å². The molecule has 0 unspecified atom stereocenters. The molecule has 2 aromatic rings. The van der Waals surface area contributed by atoms with Gasteiger partial charge in [0.25, 0.3) is 0 Å². The van der Waals surface area contributed by atoms with Gasteiger partial charge >= 0.3 is 6.18 Å². The van der Waals surface area contributed by atoms with Crippen molar-refractivity contribution in [3.05, 3.63) is 65.2 Å². The third-order valence-electron chi connectivity index (χ3n) is 3.72. The minimum atomic E-state index is -4.46. The average Bonchev–Trinajstić information content (AvgIpc) is 2.58. The molecule has 0 aliphatic heterocycles. The SMILES string of the molecule is Cc1ccc(S(=O)(=O)CCC(=O)NCc2cccc(C(F)(F)F)c2)cc1. The number of hydrogen-bond acceptors (Lipinski definition) is 3. The largest absolute Gasteiger partial charge is 0.416 e. The van der Waals surface area contributed by atoms with E-state index in [0.717, 1.165) is 17.7 Å². The molecule has 1 amide bonds. The number of alkyl halides is 3. The zero-order valence-corrected chi connectivity index (χ0v) is 14.8. The molecule has 0 spiro atoms. The Hall–Kier alpha value is -2.35. The normalized spacial score (nSPS) is 12.0. The number of nitrogens with one attached hydrogen (secondary N) is 1. The van der Waals surface area contributed by atoms with Crippen LogP contribution < -0.4 is 5.32 Å². The molecule has 0 saturated heterocycles. The van der Waals surface area contributed by atoms with E-state index in [2.05, 4.69) is 5.32 Å². The van der Waals surface area contributed by atoms with Crippen molar-refractivity contribution in [2.75, 3.05) is 5.75 Å². The Morgan fingerprint density at radius 3 is 2.35 bits per heavy atom. The first kappa shape index (κ1) is 20.0. The number of rotatable bonds is 6. The molecule has 8 heteroatoms. The number of sulfone groups is 1. The fourth-order valence-corrected chi connectivity index (χ4v) is 3.48. The number of amides is 1. The summed E-state index contributed by atoms with van der Waals surface area (Å²) >= 11 is 0. The van der Waals surface area contributed by atoms with Crippen LogP contribution in [0.5, 0.6) is 0 Å². The van der Waals surface area contributed by atoms with E-state index in [1.54, 1.807) is 12.1 Å². The molecule has 0 radical (unpaired) electrons. The van der Waals surface area contributed by atoms with E-state index >= 15 is 0 Å². The molecule has 2 rings (SSSR count). The van der Waals surface area contributed by atoms with E-state index in [0.29, 0.717) is 0 Å². The van der Waals surface area contributed by atoms with Crippen molar-refractivity contribution in [3.8, 4) is 0 Å². The van der Waals surface area contributed by atoms with Crippen LogP contribution in [0.4, 0.5) is 13.2 Å². The van der Waals surface area contributed by atoms with Gasteiger partial charge in [0, 0.05) is 13.0 Å². The van der Waals surface area contributed by atoms with Crippen molar-refractivity contribution in [2.45, 2.75) is 31.0 Å². The van der Waals surface area contributed by atoms with Crippen LogP contribution in [0.15, 0.2) is 53.4 Å². The summed E-state index contributed by atoms with van der Waals surface area (Å²) in [7, 11) is -3.59. The number of aryl methyl sites for hydroxylation is 1. The Kier molecular flexibility index (Phi) is 6.07. The Balaban J connectivity index is 1.90. The van der Waals surface area contributed by atoms with E-state index in [1.807, 2.05) is 6.92 Å². The number of benzene rings is 2. The lowest BCUT2D eigenvalue weighted by atomic mass is 10.1. The highest BCUT2D eigenvalue weighted by Crippen LogP contribution is 2.29. The number of carbonyl (C=O) groups is 1. The minimum Gasteiger partial charge on any atom is -0.352 e. The van der Waals surface area contributed by atoms with Gasteiger partial charge in [-0.3, -0.25) is 4.79 Å². The number of carbonyl (C=O) groups excluding carboxylic acids is 1. The van der Waals surface area contributed by atoms with Gasteiger partial charge in [0.05, 0.1) is 16.2 Å². The molecule has 0 bridgehead atoms. The first-order valence-electron chi connectivity index (χ1n) is 7.80. The second-order valence-electron chi connectivity index (χ2n) is 5.86. The van der Waals surface area contributed by atoms with Crippen LogP contribution in [0.2, 0.25) is 0 Å². The van der Waals surface area contributed by atoms with Crippen LogP contribution in [-0.4, -0.2) is 20.1 Å². The van der Waals surface area contributed by atoms with Crippen molar-refractivity contribution in [3.63, 3.8) is 0 Å². The highest BCUT2D eigenvalue weighted by atomic mass is 32.2. The second-order valence-corrected chi connectivity index (χ2v) is 7.97. The molecule has 2 aromatic carbocycles. The lowest BCUT2D eigenvalue weighted by Crippen LogP contribution is -2.25. The van der Waals surface area contributed by atoms with Gasteiger partial charge in [0.1, 0.15) is 0 Å². The van der Waals surface area contributed by atoms with Crippen LogP contribution in [-0.2, 0) is 27.4 Å². The second kappa shape index (κ2) is 7.90. The van der Waals surface area contributed by atoms with Gasteiger partial charge in [-0.2, -0.15) is 13.2 Å². The average molecular weight is 385 g/mol. The highest BCUT2D eigenvalue weighted by molar-refractivity contribution is 7.91. The lowest BCUT2D eigenvalue weighted by Gasteiger charge is -2.10. The Morgan fingerprint density at radius 1 is 1.08 bits per heavy atom. The monoisotopic (exact) mass is 385 g/mol. The molecule has 4 nitrogen and oxygen atoms in total. The molecular formula is C18H18F3NO3S. The van der Waals surface area contributed by atoms with Gasteiger partial charge in [-0.05, 0) is 36.8 Å². The van der Waals surface area contributed by atoms with Gasteiger partial charge in [-0.15, -0.1) is 0 Å². The Morgan fingerprint density at radius 2 is 1.73 bits per heavy atom. The molecule has 0 fully saturated rings. The standard InChI is InChI=1S/C18H18F3NO3S/c1-13-5-7-16(8-6-13)26(24,25)10-9-17(23)22-12-14-3-2-4-15(11-14)18(19,20)21/h2-8,11H,9-10,12H2,1H3,(H,22,23). The Bertz CT molecular complexity index is 875. The molecular weight excluding hydrogens is 367 g/mol. The fraction of sp³-hybridized carbons (Fsp3) is 0.278. The quantitative estimate of drug-likeness (QED) is 0.828. The smallest absolute Gasteiger partial charge is 0.352 e. The molecule has 0 aromatic heterocycles. The zero-order chi connectivity index (χ0) is 19.4. The summed E-state index contributed by atoms with van der Waals surface area (Å²) in [6.07, 6.45) is -4.72. The van der Waals surface area contributed by atoms with E-state index in [-0.39, 0.29) is 29.2 Å². The first-order valence-corrected chi connectivity index (χ1v) is 9.45. The molecule has 0 saturated carbocycles. The van der Waals surface area contributed by atoms with E-state index in [4.69, 9.17) is 0 Å². The predicted molar refractivity (Wildman–Crippen MR) is 91.1 cm³/mol. The van der Waals surface area contributed by atoms with Gasteiger partial charge in [-0.25, -0.2) is 8.42 Å². The van der Waals surface area contributed by atoms with E-state index in [1.165, 1.54) is 24.3 Å². The van der Waals surface area contributed by atoms with E-state index in [9.17, 15) is 26.4 Å². The summed E-state index contributed by atoms with van der Waals surface area (Å²) < 4.78 is 62.3. The topological polar surface area (TPSA) is 63.2 Å². The summed E-state index contributed by atoms with van der Waals surface area (Å²) in [5, 5.41) is 2.44. The van der Waals surface area contributed by atoms with Crippen molar-refractivity contribution < 1.29 is 26.4 Å². The van der Waals surface area contributed by atoms with Crippen molar-refractivity contribution in [1.29, 1.82) is 0 Å². The number of hydrogen-bond donors (Lipinski definition) is 1. The van der Waals surface area contributed by atoms with Crippen LogP contribution in [0.25, 0.3) is 0 Å². The lowest BCUT2D eigenvalue weighted by molar-refractivity contribution is -0.137. The molecule has 0 heterocycles. The van der Waals surface area contributed by atoms with Crippen molar-refractivity contribution in [1.82, 2.24) is 5.32 Å². The van der Waals surface area contributed by atoms with E-state index < -0.39 is 27.5 Å². The molecule has 26 heavy (non-hydrogen) atoms. The maximum Gasteiger partial charge on any atom is 0.416 e. The van der Waals surface area contributed by atoms with Gasteiger partial charge < -0.3 is 5.32 Å². The van der Waals surface area contributed by atoms with Gasteiger partial charge in [0.2, 0.25) is 5.91 Å². The highest BCUT2D eigenvalue weighted by Gasteiger charge is 2.30. The zero-order valence-electron chi connectivity index (χ0n) is 14.0. The molecule has 0 aliphatic rings. The van der Waals surface area contributed by atoms with Crippen LogP contribution in [0.3, 0.4) is 0 Å². The summed E-state index contributed by atoms with van der Waals surface area (Å²) in [5.41, 5.74) is 0.406. The van der Waals surface area contributed by atoms with Gasteiger partial charge in [-0.1, -0.05) is 29.8 Å². The summed E-state index contributed by atoms with van der Waals surface area (Å²) in [6, 6.07) is 10.9. The van der Waals surface area contributed by atoms with Crippen molar-refractivity contribution in [2.24, 2.45) is 0 Å². The summed E-state index contributed by atoms with van der Waals surface area (Å²) in [4.78, 5) is 12.0. The third kappa shape index (κ3) is 5.59. The third-order valence-corrected chi connectivity index (χ3v) is 5.45. The van der Waals surface area contributed by atoms with Crippen LogP contribution in [0, 0.1) is 6.92 Å². The van der Waals surface area contributed by atoms with Gasteiger partial charge in [0.15, 0.2) is 9.84 Å². The molecule has 140 valence electrons. The first-order chi connectivity index (χ1) is 12.1. The molecule has 1 N–H and O–H groups in total. The molecule has 0 atom stereocenters. The minimum absolute atomic E-state index is 0.104. The summed E-state index contributed by atoms with van der Waals surface area (Å²) in [6.45, 7) is 1.73. The van der Waals surface area contributed by atoms with Crippen LogP contribution >= 0.6 is 0 Å². The van der Waals surface area contributed by atoms with Crippen molar-refractivity contribution >= 4 is 15.7 Å². The predicted octanol–water partition coefficient (Wildman–Crippen LogP) is 3.49. The number of halogens is 3. The maximum absolute atomic E-state index is 12.7.